The van der Waals surface area contributed by atoms with Crippen LogP contribution in [-0.2, 0) is 0 Å². The maximum atomic E-state index is 8.12. The lowest BCUT2D eigenvalue weighted by Gasteiger charge is -1.74. The number of nitrogens with one attached hydrogen (secondary N) is 1. The van der Waals surface area contributed by atoms with Crippen molar-refractivity contribution in [3.05, 3.63) is 0 Å². The van der Waals surface area contributed by atoms with E-state index in [2.05, 4.69) is 30.9 Å². The van der Waals surface area contributed by atoms with Crippen molar-refractivity contribution in [1.82, 2.24) is 20.6 Å². The largest absolute Gasteiger partial charge is 0.373 e. The van der Waals surface area contributed by atoms with Gasteiger partial charge < -0.3 is 5.11 Å². The molecule has 1 heterocycles. The second kappa shape index (κ2) is 2.82. The second-order valence-corrected chi connectivity index (χ2v) is 1.09. The molecule has 0 saturated carbocycles. The standard InChI is InChI=1S/C2H4N6O/c9-1-3-4-2-5-7-8-6-2/h9H,1H2,(H,5,6,7,8)/b4-3+. The Morgan fingerprint density at radius 3 is 3.11 bits per heavy atom. The summed E-state index contributed by atoms with van der Waals surface area (Å²) in [5, 5.41) is 26.9. The number of nitrogens with zero attached hydrogens (tertiary/aromatic N) is 5. The first-order chi connectivity index (χ1) is 4.43. The predicted octanol–water partition coefficient (Wildman–Crippen LogP) is -0.767. The van der Waals surface area contributed by atoms with E-state index in [-0.39, 0.29) is 12.7 Å². The average molecular weight is 128 g/mol. The Labute approximate surface area is 49.8 Å². The summed E-state index contributed by atoms with van der Waals surface area (Å²) in [4.78, 5) is 0. The third-order valence-corrected chi connectivity index (χ3v) is 0.558. The first kappa shape index (κ1) is 5.76. The summed E-state index contributed by atoms with van der Waals surface area (Å²) < 4.78 is 0. The van der Waals surface area contributed by atoms with Crippen LogP contribution in [-0.4, -0.2) is 32.5 Å². The lowest BCUT2D eigenvalue weighted by atomic mass is 11.1. The zero-order chi connectivity index (χ0) is 6.53. The summed E-state index contributed by atoms with van der Waals surface area (Å²) in [6, 6.07) is 0. The van der Waals surface area contributed by atoms with E-state index in [1.54, 1.807) is 0 Å². The van der Waals surface area contributed by atoms with Gasteiger partial charge in [-0.1, -0.05) is 5.10 Å². The number of azo groups is 1. The average Bonchev–Trinajstić information content (AvgIpc) is 2.34. The molecule has 0 fully saturated rings. The molecule has 0 aromatic carbocycles. The van der Waals surface area contributed by atoms with Crippen LogP contribution in [0.1, 0.15) is 0 Å². The van der Waals surface area contributed by atoms with Crippen molar-refractivity contribution in [2.45, 2.75) is 0 Å². The van der Waals surface area contributed by atoms with Crippen molar-refractivity contribution < 1.29 is 5.11 Å². The van der Waals surface area contributed by atoms with Crippen molar-refractivity contribution in [1.29, 1.82) is 0 Å². The Morgan fingerprint density at radius 2 is 2.56 bits per heavy atom. The summed E-state index contributed by atoms with van der Waals surface area (Å²) in [6.07, 6.45) is 0. The van der Waals surface area contributed by atoms with Gasteiger partial charge >= 0.3 is 5.95 Å². The highest BCUT2D eigenvalue weighted by Gasteiger charge is 1.88. The maximum absolute atomic E-state index is 8.12. The Bertz CT molecular complexity index is 179. The molecular formula is C2H4N6O. The molecule has 0 bridgehead atoms. The van der Waals surface area contributed by atoms with Crippen LogP contribution in [0.15, 0.2) is 10.2 Å². The zero-order valence-electron chi connectivity index (χ0n) is 4.39. The van der Waals surface area contributed by atoms with Crippen LogP contribution >= 0.6 is 0 Å². The molecule has 48 valence electrons. The number of aromatic nitrogens is 4. The van der Waals surface area contributed by atoms with Gasteiger partial charge in [0.1, 0.15) is 0 Å². The smallest absolute Gasteiger partial charge is 0.307 e. The van der Waals surface area contributed by atoms with Gasteiger partial charge in [0.05, 0.1) is 0 Å². The molecular weight excluding hydrogens is 124 g/mol. The van der Waals surface area contributed by atoms with Crippen LogP contribution in [0.25, 0.3) is 0 Å². The maximum Gasteiger partial charge on any atom is 0.307 e. The molecule has 7 nitrogen and oxygen atoms in total. The van der Waals surface area contributed by atoms with Crippen LogP contribution in [0.5, 0.6) is 0 Å². The highest BCUT2D eigenvalue weighted by atomic mass is 16.3. The summed E-state index contributed by atoms with van der Waals surface area (Å²) in [5.74, 6) is 0.115. The SMILES string of the molecule is OC/N=N/c1nn[nH]n1. The minimum Gasteiger partial charge on any atom is -0.373 e. The van der Waals surface area contributed by atoms with E-state index in [0.29, 0.717) is 0 Å². The van der Waals surface area contributed by atoms with Crippen molar-refractivity contribution in [3.63, 3.8) is 0 Å². The van der Waals surface area contributed by atoms with Gasteiger partial charge in [-0.05, 0) is 5.21 Å². The van der Waals surface area contributed by atoms with Crippen molar-refractivity contribution >= 4 is 5.95 Å². The minimum atomic E-state index is -0.367. The molecule has 0 atom stereocenters. The van der Waals surface area contributed by atoms with E-state index >= 15 is 0 Å². The minimum absolute atomic E-state index is 0.115. The number of tetrazole rings is 1. The molecule has 2 N–H and O–H groups in total. The summed E-state index contributed by atoms with van der Waals surface area (Å²) >= 11 is 0. The summed E-state index contributed by atoms with van der Waals surface area (Å²) in [5.41, 5.74) is 0. The zero-order valence-corrected chi connectivity index (χ0v) is 4.39. The molecule has 0 spiro atoms. The third-order valence-electron chi connectivity index (χ3n) is 0.558. The number of H-pyrrole nitrogens is 1. The molecule has 0 saturated heterocycles. The number of aliphatic hydroxyl groups excluding tert-OH is 1. The van der Waals surface area contributed by atoms with Crippen molar-refractivity contribution in [3.8, 4) is 0 Å². The molecule has 7 heteroatoms. The predicted molar refractivity (Wildman–Crippen MR) is 25.8 cm³/mol. The first-order valence-electron chi connectivity index (χ1n) is 2.15. The van der Waals surface area contributed by atoms with E-state index in [4.69, 9.17) is 5.11 Å². The highest BCUT2D eigenvalue weighted by Crippen LogP contribution is 1.95. The van der Waals surface area contributed by atoms with Gasteiger partial charge in [-0.2, -0.15) is 10.3 Å². The fourth-order valence-corrected chi connectivity index (χ4v) is 0.294. The van der Waals surface area contributed by atoms with Gasteiger partial charge in [0.2, 0.25) is 0 Å². The van der Waals surface area contributed by atoms with Crippen molar-refractivity contribution in [2.75, 3.05) is 6.73 Å². The summed E-state index contributed by atoms with van der Waals surface area (Å²) in [7, 11) is 0. The van der Waals surface area contributed by atoms with Gasteiger partial charge in [0.25, 0.3) is 0 Å². The van der Waals surface area contributed by atoms with Gasteiger partial charge in [0, 0.05) is 0 Å². The fourth-order valence-electron chi connectivity index (χ4n) is 0.294. The number of rotatable bonds is 2. The quantitative estimate of drug-likeness (QED) is 0.511. The molecule has 0 aliphatic rings. The first-order valence-corrected chi connectivity index (χ1v) is 2.15. The molecule has 1 rings (SSSR count). The lowest BCUT2D eigenvalue weighted by Crippen LogP contribution is -1.70. The van der Waals surface area contributed by atoms with Crippen LogP contribution in [0.3, 0.4) is 0 Å². The Kier molecular flexibility index (Phi) is 1.81. The summed E-state index contributed by atoms with van der Waals surface area (Å²) in [6.45, 7) is -0.367. The van der Waals surface area contributed by atoms with E-state index < -0.39 is 0 Å². The van der Waals surface area contributed by atoms with Gasteiger partial charge in [-0.25, -0.2) is 0 Å². The molecule has 0 amide bonds. The highest BCUT2D eigenvalue weighted by molar-refractivity contribution is 5.03. The van der Waals surface area contributed by atoms with Crippen LogP contribution < -0.4 is 0 Å². The van der Waals surface area contributed by atoms with E-state index in [9.17, 15) is 0 Å². The van der Waals surface area contributed by atoms with E-state index in [0.717, 1.165) is 0 Å². The normalized spacial score (nSPS) is 10.8. The third kappa shape index (κ3) is 1.53. The molecule has 1 aromatic heterocycles. The van der Waals surface area contributed by atoms with Crippen LogP contribution in [0.2, 0.25) is 0 Å². The topological polar surface area (TPSA) is 99.4 Å². The molecule has 0 aliphatic heterocycles. The van der Waals surface area contributed by atoms with Crippen molar-refractivity contribution in [2.24, 2.45) is 10.2 Å². The Balaban J connectivity index is 2.57. The van der Waals surface area contributed by atoms with E-state index in [1.165, 1.54) is 0 Å². The van der Waals surface area contributed by atoms with Gasteiger partial charge in [-0.15, -0.1) is 10.2 Å². The Morgan fingerprint density at radius 1 is 1.67 bits per heavy atom. The number of aromatic amines is 1. The van der Waals surface area contributed by atoms with Gasteiger partial charge in [-0.3, -0.25) is 0 Å². The second-order valence-electron chi connectivity index (χ2n) is 1.09. The number of hydrogen-bond donors (Lipinski definition) is 2. The molecule has 0 unspecified atom stereocenters. The van der Waals surface area contributed by atoms with E-state index in [1.807, 2.05) is 0 Å². The molecule has 1 aromatic rings. The molecule has 9 heavy (non-hydrogen) atoms. The number of aliphatic hydroxyl groups is 1. The molecule has 0 radical (unpaired) electrons. The van der Waals surface area contributed by atoms with Gasteiger partial charge in [0.15, 0.2) is 6.73 Å². The van der Waals surface area contributed by atoms with Crippen LogP contribution in [0.4, 0.5) is 5.95 Å². The monoisotopic (exact) mass is 128 g/mol. The Hall–Kier alpha value is -1.37. The number of hydrogen-bond acceptors (Lipinski definition) is 6. The lowest BCUT2D eigenvalue weighted by molar-refractivity contribution is 0.301. The van der Waals surface area contributed by atoms with Crippen LogP contribution in [0, 0.1) is 0 Å². The fraction of sp³-hybridized carbons (Fsp3) is 0.500. The molecule has 0 aliphatic carbocycles.